The Morgan fingerprint density at radius 1 is 0.875 bits per heavy atom. The van der Waals surface area contributed by atoms with Gasteiger partial charge in [-0.05, 0) is 50.3 Å². The van der Waals surface area contributed by atoms with Gasteiger partial charge in [0.1, 0.15) is 6.54 Å². The van der Waals surface area contributed by atoms with Crippen LogP contribution in [0.1, 0.15) is 82.6 Å². The zero-order valence-electron chi connectivity index (χ0n) is 18.8. The van der Waals surface area contributed by atoms with Gasteiger partial charge in [0.15, 0.2) is 0 Å². The summed E-state index contributed by atoms with van der Waals surface area (Å²) in [5.74, 6) is -2.44. The molecule has 1 aromatic rings. The van der Waals surface area contributed by atoms with E-state index in [-0.39, 0.29) is 29.6 Å². The minimum atomic E-state index is -1.10. The van der Waals surface area contributed by atoms with Gasteiger partial charge >= 0.3 is 5.97 Å². The molecule has 0 spiro atoms. The van der Waals surface area contributed by atoms with E-state index in [1.165, 1.54) is 4.90 Å². The van der Waals surface area contributed by atoms with Gasteiger partial charge in [-0.2, -0.15) is 0 Å². The molecule has 0 aromatic heterocycles. The monoisotopic (exact) mass is 442 g/mol. The van der Waals surface area contributed by atoms with E-state index in [1.54, 1.807) is 31.2 Å². The van der Waals surface area contributed by atoms with Crippen LogP contribution in [0.2, 0.25) is 0 Å². The molecule has 174 valence electrons. The van der Waals surface area contributed by atoms with Crippen molar-refractivity contribution in [2.45, 2.75) is 77.0 Å². The Balaban J connectivity index is 1.80. The lowest BCUT2D eigenvalue weighted by Gasteiger charge is -2.32. The van der Waals surface area contributed by atoms with Crippen molar-refractivity contribution in [3.63, 3.8) is 0 Å². The lowest BCUT2D eigenvalue weighted by atomic mass is 9.85. The van der Waals surface area contributed by atoms with Crippen LogP contribution in [0.4, 0.5) is 5.69 Å². The molecular formula is C25H34N2O5. The molecule has 2 aliphatic rings. The van der Waals surface area contributed by atoms with Crippen molar-refractivity contribution in [3.05, 3.63) is 29.8 Å². The fourth-order valence-corrected chi connectivity index (χ4v) is 4.81. The van der Waals surface area contributed by atoms with Crippen LogP contribution in [0.3, 0.4) is 0 Å². The van der Waals surface area contributed by atoms with Gasteiger partial charge in [0.25, 0.3) is 0 Å². The van der Waals surface area contributed by atoms with E-state index >= 15 is 0 Å². The van der Waals surface area contributed by atoms with Crippen LogP contribution in [0, 0.1) is 11.8 Å². The average Bonchev–Trinajstić information content (AvgIpc) is 2.83. The normalized spacial score (nSPS) is 18.5. The number of nitrogens with zero attached hydrogens (tertiary/aromatic N) is 1. The number of nitrogens with one attached hydrogen (secondary N) is 1. The first-order chi connectivity index (χ1) is 15.4. The number of rotatable bonds is 7. The molecule has 0 radical (unpaired) electrons. The highest BCUT2D eigenvalue weighted by Gasteiger charge is 2.35. The molecule has 0 aliphatic heterocycles. The SMILES string of the molecule is CC(C(=O)NCC(=O)O)c1ccc(N(C(=O)C2CCCCC2)C(=O)C2CCCCC2)cc1. The number of carbonyl (C=O) groups excluding carboxylic acids is 3. The molecule has 0 saturated heterocycles. The van der Waals surface area contributed by atoms with Gasteiger partial charge in [-0.1, -0.05) is 50.7 Å². The number of carbonyl (C=O) groups is 4. The summed E-state index contributed by atoms with van der Waals surface area (Å²) in [5, 5.41) is 11.1. The standard InChI is InChI=1S/C25H34N2O5/c1-17(23(30)26-16-22(28)29)18-12-14-21(15-13-18)27(24(31)19-8-4-2-5-9-19)25(32)20-10-6-3-7-11-20/h12-15,17,19-20H,2-11,16H2,1H3,(H,26,30)(H,28,29). The lowest BCUT2D eigenvalue weighted by molar-refractivity contribution is -0.138. The van der Waals surface area contributed by atoms with Crippen LogP contribution in [-0.4, -0.2) is 35.3 Å². The number of anilines is 1. The number of amides is 3. The summed E-state index contributed by atoms with van der Waals surface area (Å²) >= 11 is 0. The van der Waals surface area contributed by atoms with E-state index in [0.717, 1.165) is 64.2 Å². The van der Waals surface area contributed by atoms with E-state index in [4.69, 9.17) is 5.11 Å². The third-order valence-corrected chi connectivity index (χ3v) is 6.81. The fraction of sp³-hybridized carbons (Fsp3) is 0.600. The molecule has 2 N–H and O–H groups in total. The van der Waals surface area contributed by atoms with Gasteiger partial charge < -0.3 is 10.4 Å². The second-order valence-corrected chi connectivity index (χ2v) is 9.11. The summed E-state index contributed by atoms with van der Waals surface area (Å²) in [6.45, 7) is 1.27. The summed E-state index contributed by atoms with van der Waals surface area (Å²) in [4.78, 5) is 51.2. The third kappa shape index (κ3) is 5.96. The van der Waals surface area contributed by atoms with Crippen LogP contribution in [0.5, 0.6) is 0 Å². The summed E-state index contributed by atoms with van der Waals surface area (Å²) in [7, 11) is 0. The molecule has 3 amide bonds. The highest BCUT2D eigenvalue weighted by Crippen LogP contribution is 2.32. The van der Waals surface area contributed by atoms with E-state index in [1.807, 2.05) is 0 Å². The fourth-order valence-electron chi connectivity index (χ4n) is 4.81. The van der Waals surface area contributed by atoms with E-state index < -0.39 is 18.4 Å². The zero-order valence-corrected chi connectivity index (χ0v) is 18.8. The minimum absolute atomic E-state index is 0.0970. The number of benzene rings is 1. The molecule has 3 rings (SSSR count). The van der Waals surface area contributed by atoms with Crippen molar-refractivity contribution < 1.29 is 24.3 Å². The maximum absolute atomic E-state index is 13.4. The number of carboxylic acid groups (broad SMARTS) is 1. The molecule has 1 unspecified atom stereocenters. The van der Waals surface area contributed by atoms with Crippen LogP contribution in [0.25, 0.3) is 0 Å². The van der Waals surface area contributed by atoms with Gasteiger partial charge in [-0.25, -0.2) is 0 Å². The Kier molecular flexibility index (Phi) is 8.42. The highest BCUT2D eigenvalue weighted by molar-refractivity contribution is 6.16. The molecule has 2 fully saturated rings. The quantitative estimate of drug-likeness (QED) is 0.621. The molecule has 7 nitrogen and oxygen atoms in total. The molecule has 1 aromatic carbocycles. The number of aliphatic carboxylic acids is 1. The van der Waals surface area contributed by atoms with Crippen molar-refractivity contribution in [3.8, 4) is 0 Å². The van der Waals surface area contributed by atoms with Crippen LogP contribution in [0.15, 0.2) is 24.3 Å². The predicted octanol–water partition coefficient (Wildman–Crippen LogP) is 4.01. The Hall–Kier alpha value is -2.70. The molecule has 7 heteroatoms. The van der Waals surface area contributed by atoms with E-state index in [2.05, 4.69) is 5.32 Å². The van der Waals surface area contributed by atoms with Gasteiger partial charge in [0, 0.05) is 11.8 Å². The third-order valence-electron chi connectivity index (χ3n) is 6.81. The smallest absolute Gasteiger partial charge is 0.322 e. The molecule has 0 heterocycles. The molecule has 1 atom stereocenters. The molecule has 32 heavy (non-hydrogen) atoms. The van der Waals surface area contributed by atoms with Crippen molar-refractivity contribution in [1.29, 1.82) is 0 Å². The Morgan fingerprint density at radius 3 is 1.78 bits per heavy atom. The number of carboxylic acids is 1. The zero-order chi connectivity index (χ0) is 23.1. The number of hydrogen-bond acceptors (Lipinski definition) is 4. The van der Waals surface area contributed by atoms with Gasteiger partial charge in [0.05, 0.1) is 11.6 Å². The number of hydrogen-bond donors (Lipinski definition) is 2. The maximum atomic E-state index is 13.4. The van der Waals surface area contributed by atoms with Crippen molar-refractivity contribution in [2.75, 3.05) is 11.4 Å². The Bertz CT molecular complexity index is 793. The van der Waals surface area contributed by atoms with E-state index in [0.29, 0.717) is 11.3 Å². The van der Waals surface area contributed by atoms with Crippen molar-refractivity contribution in [1.82, 2.24) is 5.32 Å². The largest absolute Gasteiger partial charge is 0.480 e. The maximum Gasteiger partial charge on any atom is 0.322 e. The van der Waals surface area contributed by atoms with Gasteiger partial charge in [-0.3, -0.25) is 24.1 Å². The van der Waals surface area contributed by atoms with Crippen LogP contribution in [-0.2, 0) is 19.2 Å². The first-order valence-corrected chi connectivity index (χ1v) is 11.9. The van der Waals surface area contributed by atoms with Gasteiger partial charge in [0.2, 0.25) is 17.7 Å². The molecule has 2 aliphatic carbocycles. The lowest BCUT2D eigenvalue weighted by Crippen LogP contribution is -2.45. The Labute approximate surface area is 189 Å². The molecule has 0 bridgehead atoms. The highest BCUT2D eigenvalue weighted by atomic mass is 16.4. The first kappa shape index (κ1) is 24.0. The topological polar surface area (TPSA) is 104 Å². The van der Waals surface area contributed by atoms with E-state index in [9.17, 15) is 19.2 Å². The first-order valence-electron chi connectivity index (χ1n) is 11.9. The average molecular weight is 443 g/mol. The number of imide groups is 1. The summed E-state index contributed by atoms with van der Waals surface area (Å²) in [6, 6.07) is 6.96. The van der Waals surface area contributed by atoms with Crippen molar-refractivity contribution in [2.24, 2.45) is 11.8 Å². The second kappa shape index (κ2) is 11.2. The molecule has 2 saturated carbocycles. The van der Waals surface area contributed by atoms with Crippen LogP contribution >= 0.6 is 0 Å². The summed E-state index contributed by atoms with van der Waals surface area (Å²) in [6.07, 6.45) is 9.64. The summed E-state index contributed by atoms with van der Waals surface area (Å²) < 4.78 is 0. The van der Waals surface area contributed by atoms with Crippen molar-refractivity contribution >= 4 is 29.4 Å². The minimum Gasteiger partial charge on any atom is -0.480 e. The molecular weight excluding hydrogens is 408 g/mol. The predicted molar refractivity (Wildman–Crippen MR) is 121 cm³/mol. The van der Waals surface area contributed by atoms with Crippen LogP contribution < -0.4 is 10.2 Å². The second-order valence-electron chi connectivity index (χ2n) is 9.11. The summed E-state index contributed by atoms with van der Waals surface area (Å²) in [5.41, 5.74) is 1.25. The Morgan fingerprint density at radius 2 is 1.34 bits per heavy atom. The van der Waals surface area contributed by atoms with Gasteiger partial charge in [-0.15, -0.1) is 0 Å².